The molecule has 1 aromatic carbocycles. The van der Waals surface area contributed by atoms with E-state index in [0.29, 0.717) is 25.2 Å². The van der Waals surface area contributed by atoms with E-state index in [1.807, 2.05) is 34.6 Å². The molecule has 1 aromatic rings. The predicted octanol–water partition coefficient (Wildman–Crippen LogP) is 2.83. The SMILES string of the molecule is CC(C)N(CCNCc1cccc(O)c1O)C(=O)OC(C)(C)C. The summed E-state index contributed by atoms with van der Waals surface area (Å²) in [5.74, 6) is -0.255. The number of nitrogens with one attached hydrogen (secondary N) is 1. The van der Waals surface area contributed by atoms with Gasteiger partial charge in [0.2, 0.25) is 0 Å². The number of carbonyl (C=O) groups is 1. The van der Waals surface area contributed by atoms with Crippen molar-refractivity contribution in [2.24, 2.45) is 0 Å². The largest absolute Gasteiger partial charge is 0.504 e. The number of aromatic hydroxyl groups is 2. The minimum Gasteiger partial charge on any atom is -0.504 e. The summed E-state index contributed by atoms with van der Waals surface area (Å²) >= 11 is 0. The molecule has 0 aliphatic heterocycles. The Balaban J connectivity index is 2.50. The van der Waals surface area contributed by atoms with E-state index in [-0.39, 0.29) is 23.6 Å². The molecule has 0 fully saturated rings. The van der Waals surface area contributed by atoms with E-state index in [1.54, 1.807) is 17.0 Å². The van der Waals surface area contributed by atoms with Crippen LogP contribution in [0.2, 0.25) is 0 Å². The van der Waals surface area contributed by atoms with Crippen LogP contribution in [0.3, 0.4) is 0 Å². The van der Waals surface area contributed by atoms with Crippen molar-refractivity contribution in [2.45, 2.75) is 52.8 Å². The van der Waals surface area contributed by atoms with Crippen molar-refractivity contribution in [2.75, 3.05) is 13.1 Å². The van der Waals surface area contributed by atoms with Crippen LogP contribution in [0.1, 0.15) is 40.2 Å². The van der Waals surface area contributed by atoms with Gasteiger partial charge in [-0.2, -0.15) is 0 Å². The molecule has 0 unspecified atom stereocenters. The quantitative estimate of drug-likeness (QED) is 0.554. The maximum atomic E-state index is 12.2. The lowest BCUT2D eigenvalue weighted by atomic mass is 10.2. The third-order valence-electron chi connectivity index (χ3n) is 3.19. The number of hydrogen-bond acceptors (Lipinski definition) is 5. The number of para-hydroxylation sites is 1. The van der Waals surface area contributed by atoms with E-state index in [1.165, 1.54) is 6.07 Å². The number of nitrogens with zero attached hydrogens (tertiary/aromatic N) is 1. The maximum Gasteiger partial charge on any atom is 0.410 e. The molecule has 0 bridgehead atoms. The van der Waals surface area contributed by atoms with Crippen LogP contribution in [0.5, 0.6) is 11.5 Å². The van der Waals surface area contributed by atoms with Gasteiger partial charge >= 0.3 is 6.09 Å². The van der Waals surface area contributed by atoms with Crippen LogP contribution in [-0.4, -0.2) is 45.9 Å². The van der Waals surface area contributed by atoms with E-state index in [9.17, 15) is 15.0 Å². The lowest BCUT2D eigenvalue weighted by Gasteiger charge is -2.30. The van der Waals surface area contributed by atoms with E-state index < -0.39 is 5.60 Å². The Morgan fingerprint density at radius 3 is 2.52 bits per heavy atom. The van der Waals surface area contributed by atoms with Crippen LogP contribution in [0.4, 0.5) is 4.79 Å². The van der Waals surface area contributed by atoms with Gasteiger partial charge in [-0.15, -0.1) is 0 Å². The highest BCUT2D eigenvalue weighted by Gasteiger charge is 2.23. The minimum atomic E-state index is -0.523. The molecule has 0 saturated heterocycles. The van der Waals surface area contributed by atoms with Gasteiger partial charge in [-0.25, -0.2) is 4.79 Å². The summed E-state index contributed by atoms with van der Waals surface area (Å²) in [6.45, 7) is 10.8. The van der Waals surface area contributed by atoms with Crippen molar-refractivity contribution in [1.82, 2.24) is 10.2 Å². The van der Waals surface area contributed by atoms with Gasteiger partial charge in [-0.05, 0) is 40.7 Å². The molecule has 0 aliphatic carbocycles. The molecule has 130 valence electrons. The molecule has 6 nitrogen and oxygen atoms in total. The van der Waals surface area contributed by atoms with Crippen LogP contribution in [-0.2, 0) is 11.3 Å². The first-order valence-electron chi connectivity index (χ1n) is 7.82. The fraction of sp³-hybridized carbons (Fsp3) is 0.588. The highest BCUT2D eigenvalue weighted by atomic mass is 16.6. The number of rotatable bonds is 6. The van der Waals surface area contributed by atoms with E-state index in [4.69, 9.17) is 4.74 Å². The maximum absolute atomic E-state index is 12.2. The second-order valence-corrected chi connectivity index (χ2v) is 6.73. The fourth-order valence-electron chi connectivity index (χ4n) is 2.02. The summed E-state index contributed by atoms with van der Waals surface area (Å²) in [7, 11) is 0. The van der Waals surface area contributed by atoms with Crippen LogP contribution in [0.25, 0.3) is 0 Å². The highest BCUT2D eigenvalue weighted by molar-refractivity contribution is 5.68. The third-order valence-corrected chi connectivity index (χ3v) is 3.19. The number of phenols is 2. The zero-order valence-electron chi connectivity index (χ0n) is 14.6. The number of benzene rings is 1. The highest BCUT2D eigenvalue weighted by Crippen LogP contribution is 2.27. The number of amides is 1. The molecule has 0 radical (unpaired) electrons. The molecule has 0 aliphatic rings. The zero-order valence-corrected chi connectivity index (χ0v) is 14.6. The molecule has 1 rings (SSSR count). The summed E-state index contributed by atoms with van der Waals surface area (Å²) in [4.78, 5) is 13.8. The Labute approximate surface area is 138 Å². The molecule has 0 spiro atoms. The van der Waals surface area contributed by atoms with E-state index >= 15 is 0 Å². The first-order valence-corrected chi connectivity index (χ1v) is 7.82. The van der Waals surface area contributed by atoms with Gasteiger partial charge in [0, 0.05) is 31.2 Å². The zero-order chi connectivity index (χ0) is 17.6. The normalized spacial score (nSPS) is 11.6. The summed E-state index contributed by atoms with van der Waals surface area (Å²) in [5, 5.41) is 22.3. The summed E-state index contributed by atoms with van der Waals surface area (Å²) in [5.41, 5.74) is 0.0868. The van der Waals surface area contributed by atoms with Gasteiger partial charge < -0.3 is 25.2 Å². The molecule has 3 N–H and O–H groups in total. The molecule has 0 saturated carbocycles. The molecule has 0 atom stereocenters. The summed E-state index contributed by atoms with van der Waals surface area (Å²) in [6, 6.07) is 4.87. The van der Waals surface area contributed by atoms with Crippen LogP contribution in [0, 0.1) is 0 Å². The van der Waals surface area contributed by atoms with Crippen LogP contribution < -0.4 is 5.32 Å². The lowest BCUT2D eigenvalue weighted by molar-refractivity contribution is 0.0193. The molecule has 23 heavy (non-hydrogen) atoms. The molecule has 0 heterocycles. The van der Waals surface area contributed by atoms with E-state index in [2.05, 4.69) is 5.32 Å². The Kier molecular flexibility index (Phi) is 6.69. The number of phenolic OH excluding ortho intramolecular Hbond substituents is 2. The lowest BCUT2D eigenvalue weighted by Crippen LogP contribution is -2.44. The fourth-order valence-corrected chi connectivity index (χ4v) is 2.02. The average molecular weight is 324 g/mol. The second-order valence-electron chi connectivity index (χ2n) is 6.73. The minimum absolute atomic E-state index is 0.0285. The summed E-state index contributed by atoms with van der Waals surface area (Å²) in [6.07, 6.45) is -0.338. The molecule has 1 amide bonds. The van der Waals surface area contributed by atoms with Gasteiger partial charge in [-0.1, -0.05) is 12.1 Å². The predicted molar refractivity (Wildman–Crippen MR) is 89.6 cm³/mol. The van der Waals surface area contributed by atoms with Gasteiger partial charge in [0.25, 0.3) is 0 Å². The topological polar surface area (TPSA) is 82.0 Å². The van der Waals surface area contributed by atoms with Gasteiger partial charge in [0.1, 0.15) is 5.60 Å². The van der Waals surface area contributed by atoms with Crippen molar-refractivity contribution in [3.05, 3.63) is 23.8 Å². The smallest absolute Gasteiger partial charge is 0.410 e. The third kappa shape index (κ3) is 6.36. The van der Waals surface area contributed by atoms with Crippen molar-refractivity contribution < 1.29 is 19.7 Å². The monoisotopic (exact) mass is 324 g/mol. The Bertz CT molecular complexity index is 524. The number of carbonyl (C=O) groups excluding carboxylic acids is 1. The Morgan fingerprint density at radius 1 is 1.30 bits per heavy atom. The van der Waals surface area contributed by atoms with Crippen LogP contribution in [0.15, 0.2) is 18.2 Å². The molecule has 0 aromatic heterocycles. The van der Waals surface area contributed by atoms with Crippen molar-refractivity contribution in [3.63, 3.8) is 0 Å². The molecule has 6 heteroatoms. The Morgan fingerprint density at radius 2 is 1.96 bits per heavy atom. The van der Waals surface area contributed by atoms with Crippen molar-refractivity contribution in [1.29, 1.82) is 0 Å². The first-order chi connectivity index (χ1) is 10.6. The second kappa shape index (κ2) is 8.06. The first kappa shape index (κ1) is 19.1. The van der Waals surface area contributed by atoms with E-state index in [0.717, 1.165) is 0 Å². The van der Waals surface area contributed by atoms with Gasteiger partial charge in [0.15, 0.2) is 11.5 Å². The van der Waals surface area contributed by atoms with Gasteiger partial charge in [0.05, 0.1) is 0 Å². The molecular formula is C17H28N2O4. The summed E-state index contributed by atoms with van der Waals surface area (Å²) < 4.78 is 5.40. The average Bonchev–Trinajstić information content (AvgIpc) is 2.40. The van der Waals surface area contributed by atoms with Crippen molar-refractivity contribution in [3.8, 4) is 11.5 Å². The Hall–Kier alpha value is -1.95. The molecular weight excluding hydrogens is 296 g/mol. The van der Waals surface area contributed by atoms with Crippen molar-refractivity contribution >= 4 is 6.09 Å². The van der Waals surface area contributed by atoms with Gasteiger partial charge in [-0.3, -0.25) is 0 Å². The standard InChI is InChI=1S/C17H28N2O4/c1-12(2)19(16(22)23-17(3,4)5)10-9-18-11-13-7-6-8-14(20)15(13)21/h6-8,12,18,20-21H,9-11H2,1-5H3. The van der Waals surface area contributed by atoms with Crippen LogP contribution >= 0.6 is 0 Å². The number of ether oxygens (including phenoxy) is 1. The number of hydrogen-bond donors (Lipinski definition) is 3.